The highest BCUT2D eigenvalue weighted by Crippen LogP contribution is 2.17. The second-order valence-electron chi connectivity index (χ2n) is 3.49. The van der Waals surface area contributed by atoms with Gasteiger partial charge in [0.15, 0.2) is 17.5 Å². The number of nitrogens with zero attached hydrogens (tertiary/aromatic N) is 2. The van der Waals surface area contributed by atoms with Crippen LogP contribution in [0.25, 0.3) is 0 Å². The van der Waals surface area contributed by atoms with Crippen LogP contribution in [0.15, 0.2) is 30.6 Å². The number of carbonyl (C=O) groups is 1. The van der Waals surface area contributed by atoms with Crippen LogP contribution in [-0.2, 0) is 0 Å². The third-order valence-electron chi connectivity index (χ3n) is 2.23. The van der Waals surface area contributed by atoms with Crippen molar-refractivity contribution in [2.45, 2.75) is 0 Å². The molecule has 0 aliphatic heterocycles. The molecule has 1 heterocycles. The van der Waals surface area contributed by atoms with Crippen molar-refractivity contribution < 1.29 is 13.6 Å². The molecule has 2 rings (SSSR count). The monoisotopic (exact) mass is 265 g/mol. The first-order valence-corrected chi connectivity index (χ1v) is 5.16. The minimum Gasteiger partial charge on any atom is -0.318 e. The summed E-state index contributed by atoms with van der Waals surface area (Å²) in [5.74, 6) is 2.47. The van der Waals surface area contributed by atoms with Crippen molar-refractivity contribution in [2.75, 3.05) is 10.7 Å². The van der Waals surface area contributed by atoms with Gasteiger partial charge in [0.1, 0.15) is 5.69 Å². The highest BCUT2D eigenvalue weighted by Gasteiger charge is 2.13. The molecule has 0 aliphatic carbocycles. The fourth-order valence-corrected chi connectivity index (χ4v) is 1.31. The normalized spacial score (nSPS) is 10.1. The van der Waals surface area contributed by atoms with Crippen LogP contribution in [0.2, 0.25) is 0 Å². The number of carbonyl (C=O) groups excluding carboxylic acids is 1. The predicted molar refractivity (Wildman–Crippen MR) is 64.2 cm³/mol. The number of halogens is 2. The van der Waals surface area contributed by atoms with E-state index in [-0.39, 0.29) is 17.2 Å². The van der Waals surface area contributed by atoms with Gasteiger partial charge in [-0.3, -0.25) is 4.79 Å². The molecular formula is C11H9F2N5O. The van der Waals surface area contributed by atoms with E-state index in [1.54, 1.807) is 0 Å². The van der Waals surface area contributed by atoms with Crippen LogP contribution in [0.5, 0.6) is 0 Å². The average Bonchev–Trinajstić information content (AvgIpc) is 2.44. The number of hydrogen-bond donors (Lipinski definition) is 3. The van der Waals surface area contributed by atoms with E-state index in [2.05, 4.69) is 20.7 Å². The van der Waals surface area contributed by atoms with Crippen LogP contribution in [0.4, 0.5) is 20.3 Å². The van der Waals surface area contributed by atoms with Crippen molar-refractivity contribution in [3.05, 3.63) is 47.9 Å². The summed E-state index contributed by atoms with van der Waals surface area (Å²) in [7, 11) is 0. The van der Waals surface area contributed by atoms with Gasteiger partial charge in [-0.1, -0.05) is 6.07 Å². The lowest BCUT2D eigenvalue weighted by molar-refractivity contribution is 0.102. The van der Waals surface area contributed by atoms with Gasteiger partial charge >= 0.3 is 0 Å². The first-order valence-electron chi connectivity index (χ1n) is 5.16. The summed E-state index contributed by atoms with van der Waals surface area (Å²) >= 11 is 0. The molecule has 0 bridgehead atoms. The lowest BCUT2D eigenvalue weighted by atomic mass is 10.3. The van der Waals surface area contributed by atoms with Crippen molar-refractivity contribution in [3.8, 4) is 0 Å². The molecule has 1 amide bonds. The number of rotatable bonds is 3. The molecule has 0 radical (unpaired) electrons. The SMILES string of the molecule is NNc1cnc(C(=O)Nc2cccc(F)c2F)cn1. The summed E-state index contributed by atoms with van der Waals surface area (Å²) in [5.41, 5.74) is 1.92. The molecule has 0 aliphatic rings. The number of amides is 1. The van der Waals surface area contributed by atoms with Crippen LogP contribution in [-0.4, -0.2) is 15.9 Å². The second kappa shape index (κ2) is 5.36. The number of benzene rings is 1. The van der Waals surface area contributed by atoms with Gasteiger partial charge in [-0.15, -0.1) is 0 Å². The van der Waals surface area contributed by atoms with E-state index in [1.165, 1.54) is 18.3 Å². The van der Waals surface area contributed by atoms with Gasteiger partial charge in [0.25, 0.3) is 5.91 Å². The number of nitrogen functional groups attached to an aromatic ring is 1. The first-order chi connectivity index (χ1) is 9.11. The zero-order chi connectivity index (χ0) is 13.8. The maximum atomic E-state index is 13.3. The van der Waals surface area contributed by atoms with E-state index in [4.69, 9.17) is 5.84 Å². The fraction of sp³-hybridized carbons (Fsp3) is 0. The predicted octanol–water partition coefficient (Wildman–Crippen LogP) is 1.29. The minimum absolute atomic E-state index is 0.0531. The number of hydrogen-bond acceptors (Lipinski definition) is 5. The average molecular weight is 265 g/mol. The minimum atomic E-state index is -1.14. The molecular weight excluding hydrogens is 256 g/mol. The highest BCUT2D eigenvalue weighted by molar-refractivity contribution is 6.02. The van der Waals surface area contributed by atoms with Gasteiger partial charge in [0, 0.05) is 0 Å². The van der Waals surface area contributed by atoms with Gasteiger partial charge in [0.05, 0.1) is 18.1 Å². The molecule has 8 heteroatoms. The molecule has 0 saturated heterocycles. The van der Waals surface area contributed by atoms with Crippen molar-refractivity contribution >= 4 is 17.4 Å². The number of nitrogens with two attached hydrogens (primary N) is 1. The molecule has 0 fully saturated rings. The van der Waals surface area contributed by atoms with E-state index in [0.717, 1.165) is 12.3 Å². The maximum Gasteiger partial charge on any atom is 0.275 e. The quantitative estimate of drug-likeness (QED) is 0.574. The molecule has 0 atom stereocenters. The summed E-state index contributed by atoms with van der Waals surface area (Å²) in [4.78, 5) is 19.3. The van der Waals surface area contributed by atoms with Gasteiger partial charge in [-0.2, -0.15) is 0 Å². The zero-order valence-corrected chi connectivity index (χ0v) is 9.52. The largest absolute Gasteiger partial charge is 0.318 e. The summed E-state index contributed by atoms with van der Waals surface area (Å²) in [6.07, 6.45) is 2.39. The molecule has 6 nitrogen and oxygen atoms in total. The van der Waals surface area contributed by atoms with Crippen molar-refractivity contribution in [1.82, 2.24) is 9.97 Å². The fourth-order valence-electron chi connectivity index (χ4n) is 1.31. The number of aromatic nitrogens is 2. The summed E-state index contributed by atoms with van der Waals surface area (Å²) in [5, 5.41) is 2.20. The standard InChI is InChI=1S/C11H9F2N5O/c12-6-2-1-3-7(10(6)13)17-11(19)8-4-16-9(18-14)5-15-8/h1-5H,14H2,(H,16,18)(H,17,19). The summed E-state index contributed by atoms with van der Waals surface area (Å²) in [6, 6.07) is 3.47. The van der Waals surface area contributed by atoms with Crippen molar-refractivity contribution in [1.29, 1.82) is 0 Å². The Morgan fingerprint density at radius 1 is 1.21 bits per heavy atom. The Hall–Kier alpha value is -2.61. The first kappa shape index (κ1) is 12.8. The zero-order valence-electron chi connectivity index (χ0n) is 9.52. The Labute approximate surface area is 106 Å². The molecule has 2 aromatic rings. The molecule has 19 heavy (non-hydrogen) atoms. The highest BCUT2D eigenvalue weighted by atomic mass is 19.2. The van der Waals surface area contributed by atoms with Gasteiger partial charge < -0.3 is 10.7 Å². The number of hydrazine groups is 1. The van der Waals surface area contributed by atoms with E-state index in [0.29, 0.717) is 0 Å². The van der Waals surface area contributed by atoms with Crippen LogP contribution in [0, 0.1) is 11.6 Å². The second-order valence-corrected chi connectivity index (χ2v) is 3.49. The van der Waals surface area contributed by atoms with Crippen LogP contribution >= 0.6 is 0 Å². The Balaban J connectivity index is 2.18. The lowest BCUT2D eigenvalue weighted by Gasteiger charge is -2.06. The van der Waals surface area contributed by atoms with E-state index in [9.17, 15) is 13.6 Å². The topological polar surface area (TPSA) is 92.9 Å². The molecule has 1 aromatic heterocycles. The molecule has 98 valence electrons. The van der Waals surface area contributed by atoms with Crippen LogP contribution in [0.3, 0.4) is 0 Å². The van der Waals surface area contributed by atoms with Crippen molar-refractivity contribution in [3.63, 3.8) is 0 Å². The Kier molecular flexibility index (Phi) is 3.62. The third kappa shape index (κ3) is 2.80. The Bertz CT molecular complexity index is 603. The van der Waals surface area contributed by atoms with E-state index < -0.39 is 17.5 Å². The third-order valence-corrected chi connectivity index (χ3v) is 2.23. The smallest absolute Gasteiger partial charge is 0.275 e. The van der Waals surface area contributed by atoms with Gasteiger partial charge in [0.2, 0.25) is 0 Å². The molecule has 4 N–H and O–H groups in total. The van der Waals surface area contributed by atoms with Crippen LogP contribution < -0.4 is 16.6 Å². The van der Waals surface area contributed by atoms with Crippen LogP contribution in [0.1, 0.15) is 10.5 Å². The lowest BCUT2D eigenvalue weighted by Crippen LogP contribution is -2.16. The Morgan fingerprint density at radius 2 is 2.00 bits per heavy atom. The summed E-state index contributed by atoms with van der Waals surface area (Å²) in [6.45, 7) is 0. The molecule has 0 unspecified atom stereocenters. The van der Waals surface area contributed by atoms with Gasteiger partial charge in [-0.05, 0) is 12.1 Å². The molecule has 0 saturated carbocycles. The number of nitrogens with one attached hydrogen (secondary N) is 2. The van der Waals surface area contributed by atoms with E-state index >= 15 is 0 Å². The van der Waals surface area contributed by atoms with Crippen molar-refractivity contribution in [2.24, 2.45) is 5.84 Å². The van der Waals surface area contributed by atoms with E-state index in [1.807, 2.05) is 0 Å². The van der Waals surface area contributed by atoms with Gasteiger partial charge in [-0.25, -0.2) is 24.6 Å². The summed E-state index contributed by atoms with van der Waals surface area (Å²) < 4.78 is 26.3. The Morgan fingerprint density at radius 3 is 2.63 bits per heavy atom. The number of anilines is 2. The molecule has 0 spiro atoms. The maximum absolute atomic E-state index is 13.3. The molecule has 1 aromatic carbocycles.